The summed E-state index contributed by atoms with van der Waals surface area (Å²) in [6, 6.07) is 7.26. The average molecular weight is 394 g/mol. The molecule has 1 N–H and O–H groups in total. The number of hydrogen-bond acceptors (Lipinski definition) is 4. The molecule has 2 aromatic carbocycles. The Hall–Kier alpha value is -1.97. The second-order valence-electron chi connectivity index (χ2n) is 5.15. The molecule has 1 aliphatic heterocycles. The molecule has 134 valence electrons. The van der Waals surface area contributed by atoms with Crippen LogP contribution in [0.5, 0.6) is 11.5 Å². The number of nitrogens with one attached hydrogen (secondary N) is 1. The van der Waals surface area contributed by atoms with Gasteiger partial charge in [-0.3, -0.25) is 0 Å². The van der Waals surface area contributed by atoms with Crippen LogP contribution in [0.15, 0.2) is 41.3 Å². The standard InChI is InChI=1S/C15H11ClF3NO4S/c16-12-3-2-10(6-11(12)15(17,18)19)25(21,22)20-7-9-1-4-13-14(5-9)24-8-23-13/h1-6,20H,7-8H2. The van der Waals surface area contributed by atoms with Crippen LogP contribution in [0.1, 0.15) is 11.1 Å². The second kappa shape index (κ2) is 6.40. The minimum atomic E-state index is -4.75. The normalized spacial score (nSPS) is 13.9. The van der Waals surface area contributed by atoms with Crippen LogP contribution >= 0.6 is 11.6 Å². The highest BCUT2D eigenvalue weighted by molar-refractivity contribution is 7.89. The van der Waals surface area contributed by atoms with E-state index in [1.165, 1.54) is 0 Å². The van der Waals surface area contributed by atoms with E-state index in [0.717, 1.165) is 12.1 Å². The zero-order valence-corrected chi connectivity index (χ0v) is 14.0. The second-order valence-corrected chi connectivity index (χ2v) is 7.33. The van der Waals surface area contributed by atoms with E-state index < -0.39 is 31.7 Å². The lowest BCUT2D eigenvalue weighted by molar-refractivity contribution is -0.137. The van der Waals surface area contributed by atoms with E-state index in [1.54, 1.807) is 18.2 Å². The molecule has 0 saturated carbocycles. The van der Waals surface area contributed by atoms with Gasteiger partial charge in [0.05, 0.1) is 15.5 Å². The number of fused-ring (bicyclic) bond motifs is 1. The molecule has 2 aromatic rings. The number of hydrogen-bond donors (Lipinski definition) is 1. The van der Waals surface area contributed by atoms with Crippen LogP contribution in [0.4, 0.5) is 13.2 Å². The summed E-state index contributed by atoms with van der Waals surface area (Å²) in [5.41, 5.74) is -0.641. The van der Waals surface area contributed by atoms with E-state index in [2.05, 4.69) is 4.72 Å². The van der Waals surface area contributed by atoms with E-state index in [0.29, 0.717) is 23.1 Å². The van der Waals surface area contributed by atoms with Gasteiger partial charge in [0.2, 0.25) is 16.8 Å². The topological polar surface area (TPSA) is 64.6 Å². The molecule has 0 bridgehead atoms. The van der Waals surface area contributed by atoms with Crippen molar-refractivity contribution in [3.8, 4) is 11.5 Å². The SMILES string of the molecule is O=S(=O)(NCc1ccc2c(c1)OCO2)c1ccc(Cl)c(C(F)(F)F)c1. The summed E-state index contributed by atoms with van der Waals surface area (Å²) in [4.78, 5) is -0.523. The molecule has 1 heterocycles. The van der Waals surface area contributed by atoms with Crippen molar-refractivity contribution in [2.24, 2.45) is 0 Å². The van der Waals surface area contributed by atoms with E-state index in [-0.39, 0.29) is 13.3 Å². The van der Waals surface area contributed by atoms with Crippen LogP contribution in [0.3, 0.4) is 0 Å². The van der Waals surface area contributed by atoms with Crippen molar-refractivity contribution in [2.75, 3.05) is 6.79 Å². The lowest BCUT2D eigenvalue weighted by atomic mass is 10.2. The Morgan fingerprint density at radius 2 is 1.80 bits per heavy atom. The Bertz CT molecular complexity index is 915. The van der Waals surface area contributed by atoms with Gasteiger partial charge >= 0.3 is 6.18 Å². The van der Waals surface area contributed by atoms with Gasteiger partial charge in [0.25, 0.3) is 0 Å². The van der Waals surface area contributed by atoms with E-state index in [9.17, 15) is 21.6 Å². The van der Waals surface area contributed by atoms with Crippen LogP contribution < -0.4 is 14.2 Å². The fraction of sp³-hybridized carbons (Fsp3) is 0.200. The van der Waals surface area contributed by atoms with Crippen molar-refractivity contribution >= 4 is 21.6 Å². The minimum absolute atomic E-state index is 0.0789. The molecular weight excluding hydrogens is 383 g/mol. The first-order chi connectivity index (χ1) is 11.7. The Labute approximate surface area is 146 Å². The zero-order valence-electron chi connectivity index (χ0n) is 12.4. The zero-order chi connectivity index (χ0) is 18.2. The summed E-state index contributed by atoms with van der Waals surface area (Å²) < 4.78 is 75.7. The molecule has 5 nitrogen and oxygen atoms in total. The van der Waals surface area contributed by atoms with Crippen LogP contribution in [0, 0.1) is 0 Å². The maximum absolute atomic E-state index is 12.9. The van der Waals surface area contributed by atoms with E-state index in [4.69, 9.17) is 21.1 Å². The number of halogens is 4. The van der Waals surface area contributed by atoms with Gasteiger partial charge < -0.3 is 9.47 Å². The van der Waals surface area contributed by atoms with Crippen molar-refractivity contribution in [3.63, 3.8) is 0 Å². The lowest BCUT2D eigenvalue weighted by Gasteiger charge is -2.12. The number of ether oxygens (including phenoxy) is 2. The molecule has 0 spiro atoms. The lowest BCUT2D eigenvalue weighted by Crippen LogP contribution is -2.23. The van der Waals surface area contributed by atoms with Crippen molar-refractivity contribution < 1.29 is 31.1 Å². The van der Waals surface area contributed by atoms with Gasteiger partial charge in [0, 0.05) is 6.54 Å². The Morgan fingerprint density at radius 3 is 2.52 bits per heavy atom. The summed E-state index contributed by atoms with van der Waals surface area (Å²) in [5.74, 6) is 1.02. The molecule has 0 aromatic heterocycles. The van der Waals surface area contributed by atoms with Crippen LogP contribution in [-0.2, 0) is 22.7 Å². The van der Waals surface area contributed by atoms with Crippen molar-refractivity contribution in [1.29, 1.82) is 0 Å². The maximum Gasteiger partial charge on any atom is 0.417 e. The molecule has 3 rings (SSSR count). The Morgan fingerprint density at radius 1 is 1.08 bits per heavy atom. The molecule has 0 fully saturated rings. The molecular formula is C15H11ClF3NO4S. The first-order valence-electron chi connectivity index (χ1n) is 6.92. The first kappa shape index (κ1) is 17.8. The molecule has 10 heteroatoms. The number of alkyl halides is 3. The van der Waals surface area contributed by atoms with Crippen LogP contribution in [-0.4, -0.2) is 15.2 Å². The minimum Gasteiger partial charge on any atom is -0.454 e. The van der Waals surface area contributed by atoms with Gasteiger partial charge in [-0.1, -0.05) is 17.7 Å². The highest BCUT2D eigenvalue weighted by Crippen LogP contribution is 2.36. The van der Waals surface area contributed by atoms with Crippen molar-refractivity contribution in [3.05, 3.63) is 52.5 Å². The molecule has 0 saturated heterocycles. The van der Waals surface area contributed by atoms with Crippen LogP contribution in [0.2, 0.25) is 5.02 Å². The van der Waals surface area contributed by atoms with Gasteiger partial charge in [0.1, 0.15) is 0 Å². The summed E-state index contributed by atoms with van der Waals surface area (Å²) in [7, 11) is -4.15. The molecule has 0 amide bonds. The van der Waals surface area contributed by atoms with Gasteiger partial charge in [-0.25, -0.2) is 13.1 Å². The smallest absolute Gasteiger partial charge is 0.417 e. The molecule has 0 unspecified atom stereocenters. The number of sulfonamides is 1. The average Bonchev–Trinajstić information content (AvgIpc) is 2.99. The number of rotatable bonds is 4. The predicted molar refractivity (Wildman–Crippen MR) is 83.0 cm³/mol. The van der Waals surface area contributed by atoms with Crippen molar-refractivity contribution in [1.82, 2.24) is 4.72 Å². The number of benzene rings is 2. The Balaban J connectivity index is 1.80. The summed E-state index contributed by atoms with van der Waals surface area (Å²) in [6.45, 7) is -0.0432. The molecule has 0 atom stereocenters. The highest BCUT2D eigenvalue weighted by Gasteiger charge is 2.34. The maximum atomic E-state index is 12.9. The van der Waals surface area contributed by atoms with Gasteiger partial charge in [0.15, 0.2) is 11.5 Å². The molecule has 1 aliphatic rings. The highest BCUT2D eigenvalue weighted by atomic mass is 35.5. The molecule has 0 aliphatic carbocycles. The monoisotopic (exact) mass is 393 g/mol. The van der Waals surface area contributed by atoms with Crippen LogP contribution in [0.25, 0.3) is 0 Å². The third kappa shape index (κ3) is 3.83. The van der Waals surface area contributed by atoms with Gasteiger partial charge in [-0.05, 0) is 35.9 Å². The van der Waals surface area contributed by atoms with Crippen molar-refractivity contribution in [2.45, 2.75) is 17.6 Å². The molecule has 0 radical (unpaired) electrons. The molecule has 25 heavy (non-hydrogen) atoms. The fourth-order valence-corrected chi connectivity index (χ4v) is 3.47. The van der Waals surface area contributed by atoms with Gasteiger partial charge in [-0.15, -0.1) is 0 Å². The largest absolute Gasteiger partial charge is 0.454 e. The van der Waals surface area contributed by atoms with Gasteiger partial charge in [-0.2, -0.15) is 13.2 Å². The quantitative estimate of drug-likeness (QED) is 0.862. The third-order valence-corrected chi connectivity index (χ3v) is 5.19. The first-order valence-corrected chi connectivity index (χ1v) is 8.78. The Kier molecular flexibility index (Phi) is 4.56. The predicted octanol–water partition coefficient (Wildman–Crippen LogP) is 3.57. The summed E-state index contributed by atoms with van der Waals surface area (Å²) in [6.07, 6.45) is -4.75. The van der Waals surface area contributed by atoms with E-state index in [1.807, 2.05) is 0 Å². The fourth-order valence-electron chi connectivity index (χ4n) is 2.20. The van der Waals surface area contributed by atoms with E-state index >= 15 is 0 Å². The summed E-state index contributed by atoms with van der Waals surface area (Å²) >= 11 is 5.50. The summed E-state index contributed by atoms with van der Waals surface area (Å²) in [5, 5.41) is -0.567. The third-order valence-electron chi connectivity index (χ3n) is 3.46.